The van der Waals surface area contributed by atoms with Crippen molar-refractivity contribution >= 4 is 14.2 Å². The van der Waals surface area contributed by atoms with E-state index in [1.807, 2.05) is 19.0 Å². The zero-order chi connectivity index (χ0) is 12.3. The Bertz CT molecular complexity index is 207. The van der Waals surface area contributed by atoms with Crippen molar-refractivity contribution in [2.24, 2.45) is 0 Å². The van der Waals surface area contributed by atoms with Gasteiger partial charge in [0, 0.05) is 17.2 Å². The summed E-state index contributed by atoms with van der Waals surface area (Å²) < 4.78 is 17.8. The molecule has 0 amide bonds. The molecular weight excluding hydrogens is 221 g/mol. The van der Waals surface area contributed by atoms with E-state index in [0.717, 1.165) is 12.6 Å². The van der Waals surface area contributed by atoms with Crippen molar-refractivity contribution in [2.45, 2.75) is 0 Å². The molecule has 0 spiro atoms. The Morgan fingerprint density at radius 1 is 1.60 bits per heavy atom. The molecule has 1 N–H and O–H groups in total. The second-order valence-electron chi connectivity index (χ2n) is 2.60. The fraction of sp³-hybridized carbons (Fsp3) is 0.625. The maximum Gasteiger partial charge on any atom is 0.694 e. The van der Waals surface area contributed by atoms with Crippen LogP contribution in [0.3, 0.4) is 0 Å². The first-order valence-electron chi connectivity index (χ1n) is 4.08. The van der Waals surface area contributed by atoms with Crippen LogP contribution in [0.2, 0.25) is 0 Å². The molecule has 0 aromatic carbocycles. The Morgan fingerprint density at radius 3 is 2.33 bits per heavy atom. The summed E-state index contributed by atoms with van der Waals surface area (Å²) in [5.74, 6) is -0.359. The van der Waals surface area contributed by atoms with Crippen LogP contribution in [0, 0.1) is 0 Å². The molecule has 15 heavy (non-hydrogen) atoms. The quantitative estimate of drug-likeness (QED) is 0.428. The average molecular weight is 238 g/mol. The van der Waals surface area contributed by atoms with Gasteiger partial charge in [-0.3, -0.25) is 0 Å². The van der Waals surface area contributed by atoms with Gasteiger partial charge in [-0.05, 0) is 14.1 Å². The number of hydrogen-bond donors (Lipinski definition) is 1. The van der Waals surface area contributed by atoms with Crippen LogP contribution < -0.4 is 0 Å². The third kappa shape index (κ3) is 19.6. The lowest BCUT2D eigenvalue weighted by molar-refractivity contribution is -0.137. The third-order valence-electron chi connectivity index (χ3n) is 1.11. The van der Waals surface area contributed by atoms with Crippen LogP contribution in [0.4, 0.5) is 0 Å². The van der Waals surface area contributed by atoms with Crippen LogP contribution in [0.25, 0.3) is 0 Å². The molecule has 7 heteroatoms. The van der Waals surface area contributed by atoms with Gasteiger partial charge in [0.2, 0.25) is 0 Å². The standard InChI is InChI=1S/C7H13NO2.CH3O3P/c1-4-7(9)10-6-5-8(2)3;1-4-5(2)3/h4H,1,5-6H2,2-3H3;1H3/p+1. The predicted octanol–water partition coefficient (Wildman–Crippen LogP) is 0.560. The SMILES string of the molecule is C=CC(=O)OCCN(C)C.CO[P+](=O)O. The predicted molar refractivity (Wildman–Crippen MR) is 56.5 cm³/mol. The highest BCUT2D eigenvalue weighted by Gasteiger charge is 2.02. The van der Waals surface area contributed by atoms with Crippen molar-refractivity contribution in [3.63, 3.8) is 0 Å². The van der Waals surface area contributed by atoms with Crippen molar-refractivity contribution in [3.05, 3.63) is 12.7 Å². The van der Waals surface area contributed by atoms with E-state index in [9.17, 15) is 9.36 Å². The molecule has 0 heterocycles. The first-order valence-corrected chi connectivity index (χ1v) is 5.21. The molecule has 0 aromatic rings. The highest BCUT2D eigenvalue weighted by Crippen LogP contribution is 2.09. The molecule has 0 aromatic heterocycles. The Morgan fingerprint density at radius 2 is 2.07 bits per heavy atom. The maximum absolute atomic E-state index is 10.4. The Kier molecular flexibility index (Phi) is 12.5. The number of rotatable bonds is 5. The Balaban J connectivity index is 0. The van der Waals surface area contributed by atoms with Gasteiger partial charge in [0.15, 0.2) is 0 Å². The average Bonchev–Trinajstić information content (AvgIpc) is 2.17. The highest BCUT2D eigenvalue weighted by molar-refractivity contribution is 7.32. The Hall–Kier alpha value is -0.810. The minimum absolute atomic E-state index is 0.359. The molecule has 0 fully saturated rings. The third-order valence-corrected chi connectivity index (χ3v) is 1.42. The molecule has 1 atom stereocenters. The molecule has 0 aliphatic rings. The van der Waals surface area contributed by atoms with Gasteiger partial charge in [-0.15, -0.1) is 9.42 Å². The van der Waals surface area contributed by atoms with Crippen LogP contribution >= 0.6 is 8.25 Å². The summed E-state index contributed by atoms with van der Waals surface area (Å²) in [6, 6.07) is 0. The summed E-state index contributed by atoms with van der Waals surface area (Å²) in [5.41, 5.74) is 0. The van der Waals surface area contributed by atoms with Crippen molar-refractivity contribution in [1.29, 1.82) is 0 Å². The summed E-state index contributed by atoms with van der Waals surface area (Å²) in [6.45, 7) is 4.45. The molecule has 0 saturated heterocycles. The molecule has 0 aliphatic heterocycles. The van der Waals surface area contributed by atoms with Crippen LogP contribution in [-0.2, 0) is 18.6 Å². The lowest BCUT2D eigenvalue weighted by atomic mass is 10.6. The minimum atomic E-state index is -2.35. The first kappa shape index (κ1) is 16.6. The van der Waals surface area contributed by atoms with Gasteiger partial charge >= 0.3 is 14.2 Å². The summed E-state index contributed by atoms with van der Waals surface area (Å²) in [6.07, 6.45) is 1.16. The van der Waals surface area contributed by atoms with Gasteiger partial charge in [0.25, 0.3) is 0 Å². The number of carbonyl (C=O) groups is 1. The zero-order valence-electron chi connectivity index (χ0n) is 9.17. The monoisotopic (exact) mass is 238 g/mol. The van der Waals surface area contributed by atoms with Crippen LogP contribution in [0.1, 0.15) is 0 Å². The number of ether oxygens (including phenoxy) is 1. The molecule has 0 aliphatic carbocycles. The van der Waals surface area contributed by atoms with Crippen molar-refractivity contribution in [2.75, 3.05) is 34.4 Å². The molecule has 1 unspecified atom stereocenters. The molecular formula is C8H17NO5P+. The largest absolute Gasteiger partial charge is 0.694 e. The van der Waals surface area contributed by atoms with Crippen molar-refractivity contribution in [1.82, 2.24) is 4.90 Å². The van der Waals surface area contributed by atoms with E-state index < -0.39 is 8.25 Å². The topological polar surface area (TPSA) is 76.1 Å². The summed E-state index contributed by atoms with van der Waals surface area (Å²) in [5, 5.41) is 0. The smallest absolute Gasteiger partial charge is 0.461 e. The molecule has 0 rings (SSSR count). The maximum atomic E-state index is 10.4. The minimum Gasteiger partial charge on any atom is -0.461 e. The normalized spacial score (nSPS) is 10.1. The summed E-state index contributed by atoms with van der Waals surface area (Å²) >= 11 is 0. The van der Waals surface area contributed by atoms with Crippen molar-refractivity contribution < 1.29 is 23.5 Å². The molecule has 0 saturated carbocycles. The molecule has 0 bridgehead atoms. The van der Waals surface area contributed by atoms with E-state index in [2.05, 4.69) is 11.1 Å². The molecule has 88 valence electrons. The second-order valence-corrected chi connectivity index (χ2v) is 3.44. The van der Waals surface area contributed by atoms with Gasteiger partial charge < -0.3 is 9.64 Å². The van der Waals surface area contributed by atoms with Crippen LogP contribution in [0.5, 0.6) is 0 Å². The van der Waals surface area contributed by atoms with E-state index >= 15 is 0 Å². The lowest BCUT2D eigenvalue weighted by Gasteiger charge is -2.07. The second kappa shape index (κ2) is 11.3. The number of esters is 1. The lowest BCUT2D eigenvalue weighted by Crippen LogP contribution is -2.19. The number of carbonyl (C=O) groups excluding carboxylic acids is 1. The van der Waals surface area contributed by atoms with E-state index in [0.29, 0.717) is 6.61 Å². The van der Waals surface area contributed by atoms with Gasteiger partial charge in [0.1, 0.15) is 6.61 Å². The van der Waals surface area contributed by atoms with Gasteiger partial charge in [-0.1, -0.05) is 6.58 Å². The number of hydrogen-bond acceptors (Lipinski definition) is 5. The van der Waals surface area contributed by atoms with Gasteiger partial charge in [-0.2, -0.15) is 0 Å². The first-order chi connectivity index (χ1) is 6.93. The Labute approximate surface area is 90.4 Å². The van der Waals surface area contributed by atoms with Crippen LogP contribution in [0.15, 0.2) is 12.7 Å². The van der Waals surface area contributed by atoms with E-state index in [1.54, 1.807) is 0 Å². The fourth-order valence-electron chi connectivity index (χ4n) is 0.388. The molecule has 0 radical (unpaired) electrons. The number of likely N-dealkylation sites (N-methyl/N-ethyl adjacent to an activating group) is 1. The summed E-state index contributed by atoms with van der Waals surface area (Å²) in [7, 11) is 2.65. The zero-order valence-corrected chi connectivity index (χ0v) is 10.1. The van der Waals surface area contributed by atoms with Crippen LogP contribution in [-0.4, -0.2) is 50.1 Å². The van der Waals surface area contributed by atoms with Gasteiger partial charge in [-0.25, -0.2) is 4.79 Å². The van der Waals surface area contributed by atoms with Gasteiger partial charge in [0.05, 0.1) is 7.11 Å². The highest BCUT2D eigenvalue weighted by atomic mass is 31.1. The summed E-state index contributed by atoms with van der Waals surface area (Å²) in [4.78, 5) is 20.0. The van der Waals surface area contributed by atoms with E-state index in [4.69, 9.17) is 9.63 Å². The van der Waals surface area contributed by atoms with E-state index in [-0.39, 0.29) is 5.97 Å². The molecule has 6 nitrogen and oxygen atoms in total. The van der Waals surface area contributed by atoms with E-state index in [1.165, 1.54) is 7.11 Å². The number of nitrogens with zero attached hydrogens (tertiary/aromatic N) is 1. The fourth-order valence-corrected chi connectivity index (χ4v) is 0.388. The van der Waals surface area contributed by atoms with Crippen molar-refractivity contribution in [3.8, 4) is 0 Å².